The van der Waals surface area contributed by atoms with Crippen LogP contribution in [0.1, 0.15) is 41.9 Å². The predicted molar refractivity (Wildman–Crippen MR) is 98.7 cm³/mol. The highest BCUT2D eigenvalue weighted by Crippen LogP contribution is 2.26. The summed E-state index contributed by atoms with van der Waals surface area (Å²) in [6.07, 6.45) is 0. The molecule has 2 rings (SSSR count). The summed E-state index contributed by atoms with van der Waals surface area (Å²) >= 11 is 0.880. The molecule has 0 aliphatic carbocycles. The van der Waals surface area contributed by atoms with Gasteiger partial charge in [0, 0.05) is 0 Å². The van der Waals surface area contributed by atoms with Gasteiger partial charge in [0.1, 0.15) is 0 Å². The van der Waals surface area contributed by atoms with Crippen LogP contribution in [0, 0.1) is 31.4 Å². The summed E-state index contributed by atoms with van der Waals surface area (Å²) in [4.78, 5) is 8.10. The molecule has 0 bridgehead atoms. The molecule has 4 nitrogen and oxygen atoms in total. The molecular weight excluding hydrogens is 304 g/mol. The molecule has 0 saturated heterocycles. The van der Waals surface area contributed by atoms with Crippen LogP contribution in [0.3, 0.4) is 0 Å². The zero-order chi connectivity index (χ0) is 17.0. The Morgan fingerprint density at radius 3 is 2.17 bits per heavy atom. The number of aliphatic imine (C=N–C) groups is 1. The molecule has 0 unspecified atom stereocenters. The number of nitrogens with one attached hydrogen (secondary N) is 1. The van der Waals surface area contributed by atoms with E-state index in [1.54, 1.807) is 0 Å². The van der Waals surface area contributed by atoms with Gasteiger partial charge in [-0.25, -0.2) is 4.40 Å². The Bertz CT molecular complexity index is 799. The molecule has 1 aromatic heterocycles. The highest BCUT2D eigenvalue weighted by Gasteiger charge is 2.07. The largest absolute Gasteiger partial charge is 0.353 e. The third-order valence-electron chi connectivity index (χ3n) is 3.60. The lowest BCUT2D eigenvalue weighted by atomic mass is 10.1. The first-order chi connectivity index (χ1) is 10.9. The van der Waals surface area contributed by atoms with E-state index in [2.05, 4.69) is 42.3 Å². The summed E-state index contributed by atoms with van der Waals surface area (Å²) in [5.41, 5.74) is 8.19. The van der Waals surface area contributed by atoms with Gasteiger partial charge >= 0.3 is 0 Å². The molecule has 1 aromatic carbocycles. The number of hydrogen-bond acceptors (Lipinski definition) is 4. The van der Waals surface area contributed by atoms with Crippen molar-refractivity contribution < 1.29 is 0 Å². The second-order valence-electron chi connectivity index (χ2n) is 5.59. The van der Waals surface area contributed by atoms with E-state index >= 15 is 0 Å². The third-order valence-corrected chi connectivity index (χ3v) is 4.05. The van der Waals surface area contributed by atoms with Crippen LogP contribution >= 0.6 is 11.9 Å². The highest BCUT2D eigenvalue weighted by molar-refractivity contribution is 8.02. The molecule has 0 aliphatic heterocycles. The Kier molecular flexibility index (Phi) is 5.41. The van der Waals surface area contributed by atoms with Crippen LogP contribution in [0.2, 0.25) is 0 Å². The SMILES string of the molecule is CC(=NSC#N)c1ccc(C(C)=Nc2c(C)cc(C)cc2C)[nH]1. The lowest BCUT2D eigenvalue weighted by Gasteiger charge is -2.08. The molecule has 118 valence electrons. The van der Waals surface area contributed by atoms with Crippen molar-refractivity contribution in [1.82, 2.24) is 4.98 Å². The van der Waals surface area contributed by atoms with Crippen molar-refractivity contribution in [3.8, 4) is 5.40 Å². The maximum Gasteiger partial charge on any atom is 0.157 e. The second-order valence-corrected chi connectivity index (χ2v) is 6.14. The summed E-state index contributed by atoms with van der Waals surface area (Å²) < 4.78 is 4.11. The van der Waals surface area contributed by atoms with Crippen LogP contribution in [0.25, 0.3) is 0 Å². The molecule has 0 fully saturated rings. The van der Waals surface area contributed by atoms with Crippen molar-refractivity contribution in [2.75, 3.05) is 0 Å². The van der Waals surface area contributed by atoms with Gasteiger partial charge in [-0.05, 0) is 57.9 Å². The summed E-state index contributed by atoms with van der Waals surface area (Å²) in [5, 5.41) is 10.5. The second kappa shape index (κ2) is 7.30. The fraction of sp³-hybridized carbons (Fsp3) is 0.278. The van der Waals surface area contributed by atoms with E-state index in [-0.39, 0.29) is 0 Å². The molecular formula is C18H20N4S. The summed E-state index contributed by atoms with van der Waals surface area (Å²) in [7, 11) is 0. The Balaban J connectivity index is 2.33. The van der Waals surface area contributed by atoms with Crippen LogP contribution in [-0.2, 0) is 0 Å². The fourth-order valence-electron chi connectivity index (χ4n) is 2.53. The lowest BCUT2D eigenvalue weighted by Crippen LogP contribution is -1.99. The summed E-state index contributed by atoms with van der Waals surface area (Å²) in [6.45, 7) is 10.1. The minimum atomic E-state index is 0.790. The molecule has 0 amide bonds. The van der Waals surface area contributed by atoms with Crippen LogP contribution in [-0.4, -0.2) is 16.4 Å². The number of H-pyrrole nitrogens is 1. The Hall–Kier alpha value is -2.32. The first-order valence-corrected chi connectivity index (χ1v) is 8.12. The first-order valence-electron chi connectivity index (χ1n) is 7.35. The van der Waals surface area contributed by atoms with Gasteiger partial charge in [0.05, 0.1) is 40.4 Å². The van der Waals surface area contributed by atoms with Crippen LogP contribution < -0.4 is 0 Å². The molecule has 5 heteroatoms. The van der Waals surface area contributed by atoms with Crippen molar-refractivity contribution in [2.45, 2.75) is 34.6 Å². The van der Waals surface area contributed by atoms with E-state index in [1.165, 1.54) is 16.7 Å². The van der Waals surface area contributed by atoms with Gasteiger partial charge < -0.3 is 4.98 Å². The normalized spacial score (nSPS) is 12.3. The number of nitrogens with zero attached hydrogens (tertiary/aromatic N) is 3. The van der Waals surface area contributed by atoms with Crippen LogP contribution in [0.15, 0.2) is 33.7 Å². The number of aryl methyl sites for hydroxylation is 3. The third kappa shape index (κ3) is 4.11. The molecule has 1 N–H and O–H groups in total. The number of aromatic nitrogens is 1. The fourth-order valence-corrected chi connectivity index (χ4v) is 2.81. The van der Waals surface area contributed by atoms with Crippen molar-refractivity contribution in [3.05, 3.63) is 52.3 Å². The Morgan fingerprint density at radius 1 is 1.04 bits per heavy atom. The average molecular weight is 324 g/mol. The van der Waals surface area contributed by atoms with Crippen molar-refractivity contribution in [3.63, 3.8) is 0 Å². The van der Waals surface area contributed by atoms with Gasteiger partial charge in [-0.15, -0.1) is 0 Å². The minimum Gasteiger partial charge on any atom is -0.353 e. The number of aromatic amines is 1. The van der Waals surface area contributed by atoms with E-state index in [4.69, 9.17) is 10.3 Å². The van der Waals surface area contributed by atoms with E-state index in [0.29, 0.717) is 0 Å². The zero-order valence-electron chi connectivity index (χ0n) is 14.1. The van der Waals surface area contributed by atoms with Gasteiger partial charge in [0.15, 0.2) is 5.40 Å². The van der Waals surface area contributed by atoms with Crippen molar-refractivity contribution in [1.29, 1.82) is 5.26 Å². The van der Waals surface area contributed by atoms with E-state index < -0.39 is 0 Å². The molecule has 0 saturated carbocycles. The number of benzene rings is 1. The molecule has 23 heavy (non-hydrogen) atoms. The smallest absolute Gasteiger partial charge is 0.157 e. The maximum atomic E-state index is 8.57. The highest BCUT2D eigenvalue weighted by atomic mass is 32.2. The van der Waals surface area contributed by atoms with Gasteiger partial charge in [0.25, 0.3) is 0 Å². The first kappa shape index (κ1) is 17.0. The average Bonchev–Trinajstić information content (AvgIpc) is 2.98. The van der Waals surface area contributed by atoms with Gasteiger partial charge in [-0.2, -0.15) is 5.26 Å². The topological polar surface area (TPSA) is 64.3 Å². The molecule has 0 spiro atoms. The summed E-state index contributed by atoms with van der Waals surface area (Å²) in [6, 6.07) is 8.24. The molecule has 0 radical (unpaired) electrons. The van der Waals surface area contributed by atoms with E-state index in [0.717, 1.165) is 40.4 Å². The van der Waals surface area contributed by atoms with Crippen molar-refractivity contribution >= 4 is 29.1 Å². The van der Waals surface area contributed by atoms with Crippen LogP contribution in [0.5, 0.6) is 0 Å². The molecule has 2 aromatic rings. The van der Waals surface area contributed by atoms with Gasteiger partial charge in [0.2, 0.25) is 0 Å². The monoisotopic (exact) mass is 324 g/mol. The quantitative estimate of drug-likeness (QED) is 0.487. The summed E-state index contributed by atoms with van der Waals surface area (Å²) in [5.74, 6) is 0. The number of thiocyanates is 1. The van der Waals surface area contributed by atoms with E-state index in [1.807, 2.05) is 31.4 Å². The Labute approximate surface area is 141 Å². The lowest BCUT2D eigenvalue weighted by molar-refractivity contribution is 1.27. The molecule has 0 atom stereocenters. The van der Waals surface area contributed by atoms with Crippen LogP contribution in [0.4, 0.5) is 5.69 Å². The van der Waals surface area contributed by atoms with Gasteiger partial charge in [-0.1, -0.05) is 17.7 Å². The standard InChI is InChI=1S/C18H20N4S/c1-11-8-12(2)18(13(3)9-11)20-14(4)16-6-7-17(21-16)15(5)22-23-10-19/h6-9,21H,1-5H3. The Morgan fingerprint density at radius 2 is 1.61 bits per heavy atom. The number of hydrogen-bond donors (Lipinski definition) is 1. The zero-order valence-corrected chi connectivity index (χ0v) is 14.9. The molecule has 0 aliphatic rings. The maximum absolute atomic E-state index is 8.57. The van der Waals surface area contributed by atoms with E-state index in [9.17, 15) is 0 Å². The van der Waals surface area contributed by atoms with Gasteiger partial charge in [-0.3, -0.25) is 4.99 Å². The minimum absolute atomic E-state index is 0.790. The van der Waals surface area contributed by atoms with Crippen molar-refractivity contribution in [2.24, 2.45) is 9.39 Å². The number of nitriles is 1. The number of rotatable bonds is 4. The molecule has 1 heterocycles. The predicted octanol–water partition coefficient (Wildman–Crippen LogP) is 5.02.